The van der Waals surface area contributed by atoms with Gasteiger partial charge in [-0.2, -0.15) is 0 Å². The van der Waals surface area contributed by atoms with Gasteiger partial charge in [0.15, 0.2) is 0 Å². The molecule has 0 radical (unpaired) electrons. The summed E-state index contributed by atoms with van der Waals surface area (Å²) in [6.07, 6.45) is 4.34. The molecule has 5 heteroatoms. The number of esters is 1. The maximum atomic E-state index is 13.1. The van der Waals surface area contributed by atoms with Crippen LogP contribution in [0.4, 0.5) is 4.39 Å². The first-order chi connectivity index (χ1) is 11.6. The van der Waals surface area contributed by atoms with Crippen molar-refractivity contribution in [3.63, 3.8) is 0 Å². The Kier molecular flexibility index (Phi) is 4.88. The standard InChI is InChI=1S/C19H22FNO3/c1-3-23-19(22)18-12-21(11-14-5-7-15(20)8-6-14)16-9-4-13(2)10-17(16)24-18/h4-9,13,18H,3,10-12H2,1-2H3. The van der Waals surface area contributed by atoms with Crippen LogP contribution in [0.1, 0.15) is 25.8 Å². The molecule has 0 amide bonds. The van der Waals surface area contributed by atoms with Crippen molar-refractivity contribution in [3.05, 3.63) is 59.3 Å². The van der Waals surface area contributed by atoms with E-state index in [1.807, 2.05) is 6.08 Å². The molecule has 0 saturated heterocycles. The van der Waals surface area contributed by atoms with E-state index in [2.05, 4.69) is 17.9 Å². The molecule has 3 rings (SSSR count). The number of nitrogens with zero attached hydrogens (tertiary/aromatic N) is 1. The highest BCUT2D eigenvalue weighted by molar-refractivity contribution is 5.75. The van der Waals surface area contributed by atoms with Crippen molar-refractivity contribution in [3.8, 4) is 0 Å². The molecule has 1 aliphatic carbocycles. The van der Waals surface area contributed by atoms with E-state index in [1.165, 1.54) is 12.1 Å². The zero-order valence-corrected chi connectivity index (χ0v) is 14.0. The van der Waals surface area contributed by atoms with Gasteiger partial charge >= 0.3 is 5.97 Å². The summed E-state index contributed by atoms with van der Waals surface area (Å²) in [7, 11) is 0. The highest BCUT2D eigenvalue weighted by Crippen LogP contribution is 2.32. The Balaban J connectivity index is 1.84. The van der Waals surface area contributed by atoms with Crippen LogP contribution in [0.15, 0.2) is 47.9 Å². The van der Waals surface area contributed by atoms with Crippen LogP contribution in [0, 0.1) is 11.7 Å². The highest BCUT2D eigenvalue weighted by Gasteiger charge is 2.34. The van der Waals surface area contributed by atoms with Gasteiger partial charge in [-0.25, -0.2) is 9.18 Å². The summed E-state index contributed by atoms with van der Waals surface area (Å²) in [6.45, 7) is 5.25. The van der Waals surface area contributed by atoms with Crippen LogP contribution in [-0.4, -0.2) is 30.1 Å². The molecule has 0 fully saturated rings. The number of carbonyl (C=O) groups excluding carboxylic acids is 1. The molecule has 0 aromatic heterocycles. The van der Waals surface area contributed by atoms with Gasteiger partial charge in [0.05, 0.1) is 18.8 Å². The zero-order chi connectivity index (χ0) is 17.1. The molecule has 0 saturated carbocycles. The van der Waals surface area contributed by atoms with E-state index >= 15 is 0 Å². The minimum absolute atomic E-state index is 0.253. The molecule has 4 nitrogen and oxygen atoms in total. The van der Waals surface area contributed by atoms with Crippen molar-refractivity contribution >= 4 is 5.97 Å². The highest BCUT2D eigenvalue weighted by atomic mass is 19.1. The molecule has 1 aromatic carbocycles. The zero-order valence-electron chi connectivity index (χ0n) is 14.0. The van der Waals surface area contributed by atoms with Gasteiger partial charge in [0, 0.05) is 13.0 Å². The van der Waals surface area contributed by atoms with Crippen molar-refractivity contribution in [2.75, 3.05) is 13.2 Å². The van der Waals surface area contributed by atoms with Crippen LogP contribution in [-0.2, 0) is 20.8 Å². The van der Waals surface area contributed by atoms with Gasteiger partial charge in [-0.15, -0.1) is 0 Å². The van der Waals surface area contributed by atoms with E-state index in [0.717, 1.165) is 23.4 Å². The Morgan fingerprint density at radius 1 is 1.38 bits per heavy atom. The summed E-state index contributed by atoms with van der Waals surface area (Å²) in [5.74, 6) is 0.612. The fourth-order valence-electron chi connectivity index (χ4n) is 3.03. The number of rotatable bonds is 4. The normalized spacial score (nSPS) is 22.9. The molecule has 2 unspecified atom stereocenters. The number of hydrogen-bond donors (Lipinski definition) is 0. The average Bonchev–Trinajstić information content (AvgIpc) is 2.56. The Bertz CT molecular complexity index is 666. The van der Waals surface area contributed by atoms with Gasteiger partial charge in [-0.3, -0.25) is 0 Å². The molecular formula is C19H22FNO3. The van der Waals surface area contributed by atoms with Gasteiger partial charge in [0.1, 0.15) is 11.6 Å². The van der Waals surface area contributed by atoms with Crippen molar-refractivity contribution in [2.24, 2.45) is 5.92 Å². The summed E-state index contributed by atoms with van der Waals surface area (Å²) in [4.78, 5) is 14.2. The van der Waals surface area contributed by atoms with Crippen LogP contribution in [0.3, 0.4) is 0 Å². The molecule has 128 valence electrons. The predicted octanol–water partition coefficient (Wildman–Crippen LogP) is 3.40. The number of benzene rings is 1. The number of allylic oxidation sites excluding steroid dienone is 3. The van der Waals surface area contributed by atoms with Gasteiger partial charge < -0.3 is 14.4 Å². The van der Waals surface area contributed by atoms with Crippen LogP contribution < -0.4 is 0 Å². The molecule has 1 heterocycles. The van der Waals surface area contributed by atoms with Crippen molar-refractivity contribution < 1.29 is 18.7 Å². The second-order valence-electron chi connectivity index (χ2n) is 6.21. The Hall–Kier alpha value is -2.30. The average molecular weight is 331 g/mol. The number of halogens is 1. The molecule has 2 atom stereocenters. The SMILES string of the molecule is CCOC(=O)C1CN(Cc2ccc(F)cc2)C2=C(CC(C)C=C2)O1. The van der Waals surface area contributed by atoms with E-state index in [0.29, 0.717) is 25.6 Å². The maximum absolute atomic E-state index is 13.1. The lowest BCUT2D eigenvalue weighted by atomic mass is 9.97. The van der Waals surface area contributed by atoms with Gasteiger partial charge in [0.25, 0.3) is 0 Å². The van der Waals surface area contributed by atoms with E-state index in [-0.39, 0.29) is 11.8 Å². The lowest BCUT2D eigenvalue weighted by Gasteiger charge is -2.38. The lowest BCUT2D eigenvalue weighted by Crippen LogP contribution is -2.43. The first-order valence-corrected chi connectivity index (χ1v) is 8.31. The molecule has 0 bridgehead atoms. The van der Waals surface area contributed by atoms with Crippen LogP contribution >= 0.6 is 0 Å². The summed E-state index contributed by atoms with van der Waals surface area (Å²) in [5.41, 5.74) is 1.98. The van der Waals surface area contributed by atoms with Crippen LogP contribution in [0.2, 0.25) is 0 Å². The third kappa shape index (κ3) is 3.61. The number of carbonyl (C=O) groups is 1. The quantitative estimate of drug-likeness (QED) is 0.793. The smallest absolute Gasteiger partial charge is 0.349 e. The fraction of sp³-hybridized carbons (Fsp3) is 0.421. The van der Waals surface area contributed by atoms with E-state index in [4.69, 9.17) is 9.47 Å². The molecule has 1 aliphatic heterocycles. The van der Waals surface area contributed by atoms with Crippen LogP contribution in [0.25, 0.3) is 0 Å². The number of hydrogen-bond acceptors (Lipinski definition) is 4. The van der Waals surface area contributed by atoms with E-state index < -0.39 is 6.10 Å². The molecule has 0 N–H and O–H groups in total. The van der Waals surface area contributed by atoms with Gasteiger partial charge in [-0.1, -0.05) is 25.1 Å². The van der Waals surface area contributed by atoms with E-state index in [9.17, 15) is 9.18 Å². The summed E-state index contributed by atoms with van der Waals surface area (Å²) >= 11 is 0. The maximum Gasteiger partial charge on any atom is 0.349 e. The number of ether oxygens (including phenoxy) is 2. The first-order valence-electron chi connectivity index (χ1n) is 8.31. The topological polar surface area (TPSA) is 38.8 Å². The molecule has 1 aromatic rings. The lowest BCUT2D eigenvalue weighted by molar-refractivity contribution is -0.156. The van der Waals surface area contributed by atoms with Gasteiger partial charge in [0.2, 0.25) is 6.10 Å². The van der Waals surface area contributed by atoms with Crippen molar-refractivity contribution in [1.82, 2.24) is 4.90 Å². The Labute approximate surface area is 141 Å². The van der Waals surface area contributed by atoms with Crippen molar-refractivity contribution in [2.45, 2.75) is 32.9 Å². The van der Waals surface area contributed by atoms with Gasteiger partial charge in [-0.05, 0) is 36.6 Å². The van der Waals surface area contributed by atoms with Crippen LogP contribution in [0.5, 0.6) is 0 Å². The second-order valence-corrected chi connectivity index (χ2v) is 6.21. The molecule has 2 aliphatic rings. The minimum atomic E-state index is -0.622. The second kappa shape index (κ2) is 7.07. The third-order valence-corrected chi connectivity index (χ3v) is 4.22. The van der Waals surface area contributed by atoms with E-state index in [1.54, 1.807) is 19.1 Å². The fourth-order valence-corrected chi connectivity index (χ4v) is 3.03. The molecule has 0 spiro atoms. The van der Waals surface area contributed by atoms with Crippen molar-refractivity contribution in [1.29, 1.82) is 0 Å². The first kappa shape index (κ1) is 16.6. The summed E-state index contributed by atoms with van der Waals surface area (Å²) < 4.78 is 24.2. The summed E-state index contributed by atoms with van der Waals surface area (Å²) in [6, 6.07) is 6.43. The molecule has 24 heavy (non-hydrogen) atoms. The molecular weight excluding hydrogens is 309 g/mol. The Morgan fingerprint density at radius 3 is 2.83 bits per heavy atom. The predicted molar refractivity (Wildman–Crippen MR) is 88.3 cm³/mol. The summed E-state index contributed by atoms with van der Waals surface area (Å²) in [5, 5.41) is 0. The Morgan fingerprint density at radius 2 is 2.12 bits per heavy atom. The third-order valence-electron chi connectivity index (χ3n) is 4.22. The largest absolute Gasteiger partial charge is 0.479 e. The minimum Gasteiger partial charge on any atom is -0.479 e. The monoisotopic (exact) mass is 331 g/mol.